The lowest BCUT2D eigenvalue weighted by molar-refractivity contribution is 0.0209. The largest absolute Gasteiger partial charge is 0.447 e. The Bertz CT molecular complexity index is 267. The van der Waals surface area contributed by atoms with E-state index in [9.17, 15) is 9.90 Å². The van der Waals surface area contributed by atoms with Crippen LogP contribution in [0.4, 0.5) is 4.79 Å². The summed E-state index contributed by atoms with van der Waals surface area (Å²) in [5.41, 5.74) is 0. The molecule has 2 fully saturated rings. The molecule has 2 saturated heterocycles. The van der Waals surface area contributed by atoms with Crippen molar-refractivity contribution in [3.8, 4) is 0 Å². The zero-order valence-corrected chi connectivity index (χ0v) is 8.76. The monoisotopic (exact) mass is 211 g/mol. The van der Waals surface area contributed by atoms with Crippen molar-refractivity contribution in [2.45, 2.75) is 43.9 Å². The molecule has 0 radical (unpaired) electrons. The zero-order chi connectivity index (χ0) is 10.8. The van der Waals surface area contributed by atoms with Crippen LogP contribution in [-0.4, -0.2) is 40.9 Å². The first-order valence-electron chi connectivity index (χ1n) is 5.48. The maximum absolute atomic E-state index is 11.5. The molecule has 2 rings (SSSR count). The molecule has 0 aromatic carbocycles. The van der Waals surface area contributed by atoms with Crippen LogP contribution in [-0.2, 0) is 4.74 Å². The second-order valence-electron chi connectivity index (χ2n) is 4.22. The van der Waals surface area contributed by atoms with E-state index in [-0.39, 0.29) is 18.2 Å². The Hall–Kier alpha value is -1.03. The third-order valence-electron chi connectivity index (χ3n) is 3.28. The molecule has 1 N–H and O–H groups in total. The molecule has 0 aliphatic carbocycles. The van der Waals surface area contributed by atoms with Gasteiger partial charge in [-0.15, -0.1) is 6.58 Å². The molecule has 0 aromatic rings. The number of hydrogen-bond donors (Lipinski definition) is 1. The minimum atomic E-state index is -0.420. The van der Waals surface area contributed by atoms with Gasteiger partial charge in [0.1, 0.15) is 6.61 Å². The van der Waals surface area contributed by atoms with Crippen molar-refractivity contribution in [2.24, 2.45) is 0 Å². The molecule has 0 aromatic heterocycles. The van der Waals surface area contributed by atoms with Crippen LogP contribution in [0.1, 0.15) is 25.7 Å². The normalized spacial score (nSPS) is 34.9. The predicted octanol–water partition coefficient (Wildman–Crippen LogP) is 1.30. The summed E-state index contributed by atoms with van der Waals surface area (Å²) in [5.74, 6) is 0. The third-order valence-corrected chi connectivity index (χ3v) is 3.28. The summed E-state index contributed by atoms with van der Waals surface area (Å²) in [5, 5.41) is 9.75. The Balaban J connectivity index is 2.06. The van der Waals surface area contributed by atoms with E-state index < -0.39 is 6.10 Å². The minimum absolute atomic E-state index is 0.124. The summed E-state index contributed by atoms with van der Waals surface area (Å²) in [4.78, 5) is 13.2. The highest BCUT2D eigenvalue weighted by atomic mass is 16.6. The van der Waals surface area contributed by atoms with Gasteiger partial charge in [0.2, 0.25) is 0 Å². The van der Waals surface area contributed by atoms with Crippen LogP contribution in [0.15, 0.2) is 12.7 Å². The molecule has 2 aliphatic heterocycles. The topological polar surface area (TPSA) is 49.8 Å². The van der Waals surface area contributed by atoms with Crippen LogP contribution in [0.25, 0.3) is 0 Å². The van der Waals surface area contributed by atoms with Crippen LogP contribution in [0.2, 0.25) is 0 Å². The first-order valence-corrected chi connectivity index (χ1v) is 5.48. The van der Waals surface area contributed by atoms with Gasteiger partial charge in [0.05, 0.1) is 12.1 Å². The van der Waals surface area contributed by atoms with Gasteiger partial charge >= 0.3 is 6.09 Å². The van der Waals surface area contributed by atoms with E-state index in [2.05, 4.69) is 6.58 Å². The average molecular weight is 211 g/mol. The van der Waals surface area contributed by atoms with E-state index in [1.807, 2.05) is 6.08 Å². The molecule has 3 atom stereocenters. The number of amides is 1. The number of carbonyl (C=O) groups excluding carboxylic acids is 1. The van der Waals surface area contributed by atoms with Crippen molar-refractivity contribution in [1.82, 2.24) is 4.90 Å². The van der Waals surface area contributed by atoms with Crippen LogP contribution < -0.4 is 0 Å². The number of ether oxygens (including phenoxy) is 1. The van der Waals surface area contributed by atoms with Crippen molar-refractivity contribution in [1.29, 1.82) is 0 Å². The van der Waals surface area contributed by atoms with Gasteiger partial charge in [-0.2, -0.15) is 0 Å². The number of aliphatic hydroxyl groups excluding tert-OH is 1. The second-order valence-corrected chi connectivity index (χ2v) is 4.22. The van der Waals surface area contributed by atoms with Gasteiger partial charge in [-0.3, -0.25) is 4.90 Å². The van der Waals surface area contributed by atoms with E-state index in [4.69, 9.17) is 4.74 Å². The van der Waals surface area contributed by atoms with Crippen molar-refractivity contribution in [2.75, 3.05) is 6.61 Å². The van der Waals surface area contributed by atoms with Gasteiger partial charge < -0.3 is 9.84 Å². The van der Waals surface area contributed by atoms with E-state index in [1.54, 1.807) is 4.90 Å². The van der Waals surface area contributed by atoms with E-state index in [0.29, 0.717) is 6.61 Å². The molecular formula is C11H17NO3. The summed E-state index contributed by atoms with van der Waals surface area (Å²) < 4.78 is 4.98. The van der Waals surface area contributed by atoms with Crippen molar-refractivity contribution < 1.29 is 14.6 Å². The van der Waals surface area contributed by atoms with Crippen LogP contribution in [0.3, 0.4) is 0 Å². The highest BCUT2D eigenvalue weighted by Crippen LogP contribution is 2.30. The molecule has 0 unspecified atom stereocenters. The number of cyclic esters (lactones) is 1. The molecule has 1 amide bonds. The number of piperidine rings is 1. The maximum Gasteiger partial charge on any atom is 0.410 e. The summed E-state index contributed by atoms with van der Waals surface area (Å²) >= 11 is 0. The van der Waals surface area contributed by atoms with E-state index >= 15 is 0 Å². The summed E-state index contributed by atoms with van der Waals surface area (Å²) in [6.07, 6.45) is 4.62. The smallest absolute Gasteiger partial charge is 0.410 e. The van der Waals surface area contributed by atoms with Gasteiger partial charge in [-0.05, 0) is 25.7 Å². The molecule has 0 bridgehead atoms. The lowest BCUT2D eigenvalue weighted by Gasteiger charge is -2.38. The molecule has 0 spiro atoms. The molecular weight excluding hydrogens is 194 g/mol. The number of allylic oxidation sites excluding steroid dienone is 1. The fourth-order valence-electron chi connectivity index (χ4n) is 2.45. The molecule has 2 aliphatic rings. The molecule has 2 heterocycles. The van der Waals surface area contributed by atoms with Gasteiger partial charge in [-0.1, -0.05) is 6.08 Å². The van der Waals surface area contributed by atoms with Crippen LogP contribution in [0.5, 0.6) is 0 Å². The number of carbonyl (C=O) groups is 1. The Morgan fingerprint density at radius 2 is 2.40 bits per heavy atom. The van der Waals surface area contributed by atoms with Gasteiger partial charge in [0, 0.05) is 6.04 Å². The van der Waals surface area contributed by atoms with Crippen molar-refractivity contribution in [3.63, 3.8) is 0 Å². The first-order chi connectivity index (χ1) is 7.24. The number of hydrogen-bond acceptors (Lipinski definition) is 3. The average Bonchev–Trinajstić information content (AvgIpc) is 2.61. The fourth-order valence-corrected chi connectivity index (χ4v) is 2.45. The fraction of sp³-hybridized carbons (Fsp3) is 0.727. The lowest BCUT2D eigenvalue weighted by Crippen LogP contribution is -2.52. The predicted molar refractivity (Wildman–Crippen MR) is 55.4 cm³/mol. The van der Waals surface area contributed by atoms with E-state index in [0.717, 1.165) is 25.7 Å². The maximum atomic E-state index is 11.5. The number of nitrogens with zero attached hydrogens (tertiary/aromatic N) is 1. The zero-order valence-electron chi connectivity index (χ0n) is 8.76. The van der Waals surface area contributed by atoms with Crippen LogP contribution in [0, 0.1) is 0 Å². The molecule has 84 valence electrons. The number of fused-ring (bicyclic) bond motifs is 1. The van der Waals surface area contributed by atoms with Gasteiger partial charge in [0.15, 0.2) is 0 Å². The van der Waals surface area contributed by atoms with Crippen molar-refractivity contribution >= 4 is 6.09 Å². The SMILES string of the molecule is C=CCC[C@H]1CC[C@@H](O)[C@@H]2COC(=O)N12. The number of rotatable bonds is 3. The standard InChI is InChI=1S/C11H17NO3/c1-2-3-4-8-5-6-10(13)9-7-15-11(14)12(8)9/h2,8-10,13H,1,3-7H2/t8-,9-,10+/m0/s1. The minimum Gasteiger partial charge on any atom is -0.447 e. The van der Waals surface area contributed by atoms with E-state index in [1.165, 1.54) is 0 Å². The number of aliphatic hydroxyl groups is 1. The highest BCUT2D eigenvalue weighted by molar-refractivity contribution is 5.70. The highest BCUT2D eigenvalue weighted by Gasteiger charge is 2.44. The lowest BCUT2D eigenvalue weighted by atomic mass is 9.92. The Labute approximate surface area is 89.5 Å². The Morgan fingerprint density at radius 1 is 1.60 bits per heavy atom. The summed E-state index contributed by atoms with van der Waals surface area (Å²) in [6, 6.07) is 0.0902. The summed E-state index contributed by atoms with van der Waals surface area (Å²) in [6.45, 7) is 4.02. The molecule has 0 saturated carbocycles. The van der Waals surface area contributed by atoms with Crippen molar-refractivity contribution in [3.05, 3.63) is 12.7 Å². The van der Waals surface area contributed by atoms with Gasteiger partial charge in [0.25, 0.3) is 0 Å². The molecule has 15 heavy (non-hydrogen) atoms. The molecule has 4 nitrogen and oxygen atoms in total. The van der Waals surface area contributed by atoms with Gasteiger partial charge in [-0.25, -0.2) is 4.79 Å². The second kappa shape index (κ2) is 4.23. The first kappa shape index (κ1) is 10.5. The quantitative estimate of drug-likeness (QED) is 0.716. The Kier molecular flexibility index (Phi) is 2.95. The molecule has 4 heteroatoms. The Morgan fingerprint density at radius 3 is 3.13 bits per heavy atom. The summed E-state index contributed by atoms with van der Waals surface area (Å²) in [7, 11) is 0. The van der Waals surface area contributed by atoms with Crippen LogP contribution >= 0.6 is 0 Å². The third kappa shape index (κ3) is 1.86.